The van der Waals surface area contributed by atoms with E-state index in [2.05, 4.69) is 254 Å². The molecule has 0 amide bonds. The normalized spacial score (nSPS) is 13.4. The van der Waals surface area contributed by atoms with E-state index in [0.29, 0.717) is 0 Å². The zero-order valence-corrected chi connectivity index (χ0v) is 35.3. The van der Waals surface area contributed by atoms with Gasteiger partial charge in [-0.3, -0.25) is 0 Å². The number of allylic oxidation sites excluding steroid dienone is 3. The summed E-state index contributed by atoms with van der Waals surface area (Å²) < 4.78 is 0. The van der Waals surface area contributed by atoms with Gasteiger partial charge in [-0.2, -0.15) is 0 Å². The zero-order valence-electron chi connectivity index (χ0n) is 35.3. The third-order valence-corrected chi connectivity index (χ3v) is 13.4. The predicted octanol–water partition coefficient (Wildman–Crippen LogP) is 16.6. The summed E-state index contributed by atoms with van der Waals surface area (Å²) in [4.78, 5) is 4.74. The summed E-state index contributed by atoms with van der Waals surface area (Å²) in [5, 5.41) is 7.50. The summed E-state index contributed by atoms with van der Waals surface area (Å²) in [7, 11) is 0. The van der Waals surface area contributed by atoms with Crippen LogP contribution in [-0.4, -0.2) is 0 Å². The number of fused-ring (bicyclic) bond motifs is 16. The molecule has 2 aliphatic carbocycles. The molecule has 0 saturated heterocycles. The molecule has 10 aromatic rings. The van der Waals surface area contributed by atoms with Gasteiger partial charge >= 0.3 is 0 Å². The van der Waals surface area contributed by atoms with Crippen molar-refractivity contribution in [3.63, 3.8) is 0 Å². The average Bonchev–Trinajstić information content (AvgIpc) is 3.81. The third kappa shape index (κ3) is 5.44. The monoisotopic (exact) mass is 804 g/mol. The van der Waals surface area contributed by atoms with E-state index in [1.807, 2.05) is 0 Å². The molecule has 12 rings (SSSR count). The second-order valence-corrected chi connectivity index (χ2v) is 16.7. The molecule has 0 N–H and O–H groups in total. The summed E-state index contributed by atoms with van der Waals surface area (Å²) in [5.41, 5.74) is 16.8. The van der Waals surface area contributed by atoms with Gasteiger partial charge < -0.3 is 9.80 Å². The van der Waals surface area contributed by atoms with E-state index in [1.54, 1.807) is 0 Å². The molecule has 63 heavy (non-hydrogen) atoms. The standard InChI is InChI=1S/C61H44N2/c1-3-20-43(4-2)62(44-21-8-5-9-22-44)47-34-33-41-38-55-58(39-42(41)37-47)61(56-31-18-16-28-50(56)51-29-17-19-32-57(51)61)60-53-36-35-48(40-54(53)49-27-14-15-30-52(49)59(55)60)63(45-23-10-6-11-24-45)46-25-12-7-13-26-46/h3-40H,1-2H3/b20-3-,43-4+. The van der Waals surface area contributed by atoms with Gasteiger partial charge in [-0.05, 0) is 170 Å². The first-order valence-electron chi connectivity index (χ1n) is 22.0. The van der Waals surface area contributed by atoms with Crippen LogP contribution in [0, 0.1) is 0 Å². The Morgan fingerprint density at radius 3 is 1.60 bits per heavy atom. The second-order valence-electron chi connectivity index (χ2n) is 16.7. The minimum atomic E-state index is -0.553. The molecule has 0 heterocycles. The molecule has 298 valence electrons. The minimum Gasteiger partial charge on any atom is -0.311 e. The number of hydrogen-bond donors (Lipinski definition) is 0. The fraction of sp³-hybridized carbons (Fsp3) is 0.0492. The highest BCUT2D eigenvalue weighted by Crippen LogP contribution is 2.66. The predicted molar refractivity (Wildman–Crippen MR) is 267 cm³/mol. The molecule has 10 aromatic carbocycles. The summed E-state index contributed by atoms with van der Waals surface area (Å²) in [6.07, 6.45) is 6.50. The molecule has 0 aromatic heterocycles. The van der Waals surface area contributed by atoms with Gasteiger partial charge in [-0.1, -0.05) is 152 Å². The van der Waals surface area contributed by atoms with Crippen molar-refractivity contribution in [1.82, 2.24) is 0 Å². The summed E-state index contributed by atoms with van der Waals surface area (Å²) >= 11 is 0. The maximum absolute atomic E-state index is 2.53. The van der Waals surface area contributed by atoms with Gasteiger partial charge in [0.25, 0.3) is 0 Å². The highest BCUT2D eigenvalue weighted by Gasteiger charge is 2.53. The molecule has 1 spiro atoms. The van der Waals surface area contributed by atoms with Gasteiger partial charge in [0.2, 0.25) is 0 Å². The molecule has 0 atom stereocenters. The Hall–Kier alpha value is -7.94. The number of anilines is 5. The first-order chi connectivity index (χ1) is 31.2. The number of nitrogens with zero attached hydrogens (tertiary/aromatic N) is 2. The molecule has 0 fully saturated rings. The molecule has 0 bridgehead atoms. The van der Waals surface area contributed by atoms with Crippen LogP contribution in [0.15, 0.2) is 236 Å². The van der Waals surface area contributed by atoms with Crippen molar-refractivity contribution in [2.24, 2.45) is 0 Å². The Balaban J connectivity index is 1.18. The van der Waals surface area contributed by atoms with E-state index in [-0.39, 0.29) is 0 Å². The molecule has 2 aliphatic rings. The molecular weight excluding hydrogens is 761 g/mol. The van der Waals surface area contributed by atoms with E-state index in [4.69, 9.17) is 0 Å². The van der Waals surface area contributed by atoms with Gasteiger partial charge in [-0.25, -0.2) is 0 Å². The van der Waals surface area contributed by atoms with Crippen LogP contribution in [0.25, 0.3) is 54.6 Å². The lowest BCUT2D eigenvalue weighted by Crippen LogP contribution is -2.26. The summed E-state index contributed by atoms with van der Waals surface area (Å²) in [6, 6.07) is 78.8. The summed E-state index contributed by atoms with van der Waals surface area (Å²) in [5.74, 6) is 0. The van der Waals surface area contributed by atoms with Crippen LogP contribution in [0.5, 0.6) is 0 Å². The SMILES string of the molecule is C/C=C\C(=C/C)N(c1ccccc1)c1ccc2cc3c(cc2c1)C1(c2ccccc2-c2ccccc21)c1c-3c2ccccc2c2cc(N(c3ccccc3)c3ccccc3)ccc12. The number of para-hydroxylation sites is 3. The van der Waals surface area contributed by atoms with Crippen LogP contribution in [0.1, 0.15) is 36.1 Å². The van der Waals surface area contributed by atoms with Crippen molar-refractivity contribution >= 4 is 60.8 Å². The molecule has 2 heteroatoms. The van der Waals surface area contributed by atoms with Crippen LogP contribution in [-0.2, 0) is 5.41 Å². The quantitative estimate of drug-likeness (QED) is 0.117. The Morgan fingerprint density at radius 1 is 0.397 bits per heavy atom. The van der Waals surface area contributed by atoms with E-state index in [9.17, 15) is 0 Å². The van der Waals surface area contributed by atoms with Crippen LogP contribution < -0.4 is 9.80 Å². The Kier molecular flexibility index (Phi) is 8.55. The van der Waals surface area contributed by atoms with Crippen molar-refractivity contribution < 1.29 is 0 Å². The van der Waals surface area contributed by atoms with Crippen LogP contribution in [0.2, 0.25) is 0 Å². The first kappa shape index (κ1) is 36.9. The van der Waals surface area contributed by atoms with Crippen LogP contribution >= 0.6 is 0 Å². The van der Waals surface area contributed by atoms with Crippen LogP contribution in [0.3, 0.4) is 0 Å². The third-order valence-electron chi connectivity index (χ3n) is 13.4. The van der Waals surface area contributed by atoms with Crippen molar-refractivity contribution in [2.75, 3.05) is 9.80 Å². The van der Waals surface area contributed by atoms with E-state index in [1.165, 1.54) is 76.8 Å². The lowest BCUT2D eigenvalue weighted by Gasteiger charge is -2.32. The smallest absolute Gasteiger partial charge is 0.0731 e. The molecule has 2 nitrogen and oxygen atoms in total. The number of rotatable bonds is 7. The Bertz CT molecular complexity index is 3390. The fourth-order valence-electron chi connectivity index (χ4n) is 11.0. The largest absolute Gasteiger partial charge is 0.311 e. The average molecular weight is 805 g/mol. The summed E-state index contributed by atoms with van der Waals surface area (Å²) in [6.45, 7) is 4.20. The highest BCUT2D eigenvalue weighted by atomic mass is 15.1. The minimum absolute atomic E-state index is 0.553. The molecular formula is C61H44N2. The van der Waals surface area contributed by atoms with Crippen molar-refractivity contribution in [3.8, 4) is 22.3 Å². The van der Waals surface area contributed by atoms with Gasteiger partial charge in [-0.15, -0.1) is 0 Å². The number of hydrogen-bond acceptors (Lipinski definition) is 2. The molecule has 0 radical (unpaired) electrons. The van der Waals surface area contributed by atoms with E-state index in [0.717, 1.165) is 34.1 Å². The molecule has 0 aliphatic heterocycles. The van der Waals surface area contributed by atoms with Crippen molar-refractivity contribution in [1.29, 1.82) is 0 Å². The Morgan fingerprint density at radius 2 is 0.968 bits per heavy atom. The second kappa shape index (κ2) is 14.6. The van der Waals surface area contributed by atoms with Gasteiger partial charge in [0, 0.05) is 34.1 Å². The van der Waals surface area contributed by atoms with E-state index < -0.39 is 5.41 Å². The van der Waals surface area contributed by atoms with Gasteiger partial charge in [0.05, 0.1) is 5.41 Å². The maximum atomic E-state index is 2.53. The Labute approximate surface area is 369 Å². The first-order valence-corrected chi connectivity index (χ1v) is 22.0. The van der Waals surface area contributed by atoms with Crippen molar-refractivity contribution in [2.45, 2.75) is 19.3 Å². The lowest BCUT2D eigenvalue weighted by atomic mass is 9.69. The van der Waals surface area contributed by atoms with Gasteiger partial charge in [0.1, 0.15) is 0 Å². The maximum Gasteiger partial charge on any atom is 0.0731 e. The van der Waals surface area contributed by atoms with E-state index >= 15 is 0 Å². The van der Waals surface area contributed by atoms with Crippen LogP contribution in [0.4, 0.5) is 28.4 Å². The fourth-order valence-corrected chi connectivity index (χ4v) is 11.0. The zero-order chi connectivity index (χ0) is 42.1. The van der Waals surface area contributed by atoms with Gasteiger partial charge in [0.15, 0.2) is 0 Å². The highest BCUT2D eigenvalue weighted by molar-refractivity contribution is 6.21. The number of benzene rings is 10. The molecule has 0 unspecified atom stereocenters. The topological polar surface area (TPSA) is 6.48 Å². The lowest BCUT2D eigenvalue weighted by molar-refractivity contribution is 0.803. The van der Waals surface area contributed by atoms with Crippen molar-refractivity contribution in [3.05, 3.63) is 259 Å². The molecule has 0 saturated carbocycles.